The maximum Gasteiger partial charge on any atom is 0.348 e. The number of benzene rings is 1. The Labute approximate surface area is 114 Å². The van der Waals surface area contributed by atoms with Gasteiger partial charge in [0.2, 0.25) is 0 Å². The number of carboxylic acid groups (broad SMARTS) is 1. The minimum atomic E-state index is -1.03. The minimum Gasteiger partial charge on any atom is -0.497 e. The highest BCUT2D eigenvalue weighted by molar-refractivity contribution is 7.18. The molecule has 0 amide bonds. The molecule has 0 saturated carbocycles. The summed E-state index contributed by atoms with van der Waals surface area (Å²) in [7, 11) is 3.12. The van der Waals surface area contributed by atoms with Gasteiger partial charge in [-0.1, -0.05) is 0 Å². The van der Waals surface area contributed by atoms with Gasteiger partial charge in [0.25, 0.3) is 0 Å². The molecule has 2 rings (SSSR count). The van der Waals surface area contributed by atoms with Gasteiger partial charge >= 0.3 is 5.97 Å². The summed E-state index contributed by atoms with van der Waals surface area (Å²) < 4.78 is 10.4. The van der Waals surface area contributed by atoms with E-state index in [-0.39, 0.29) is 10.6 Å². The van der Waals surface area contributed by atoms with E-state index in [0.717, 1.165) is 21.8 Å². The Morgan fingerprint density at radius 1 is 1.26 bits per heavy atom. The molecule has 0 spiro atoms. The summed E-state index contributed by atoms with van der Waals surface area (Å²) in [5, 5.41) is 9.01. The van der Waals surface area contributed by atoms with Crippen LogP contribution in [0.15, 0.2) is 24.3 Å². The number of aromatic carboxylic acids is 1. The molecule has 2 aromatic rings. The fraction of sp³-hybridized carbons (Fsp3) is 0.154. The summed E-state index contributed by atoms with van der Waals surface area (Å²) in [5.74, 6) is 0.252. The molecule has 1 heterocycles. The largest absolute Gasteiger partial charge is 0.497 e. The summed E-state index contributed by atoms with van der Waals surface area (Å²) in [5.41, 5.74) is 6.73. The van der Waals surface area contributed by atoms with E-state index in [1.165, 1.54) is 0 Å². The van der Waals surface area contributed by atoms with Gasteiger partial charge in [-0.2, -0.15) is 0 Å². The van der Waals surface area contributed by atoms with Crippen molar-refractivity contribution in [3.63, 3.8) is 0 Å². The number of nitrogen functional groups attached to an aromatic ring is 1. The number of ether oxygens (including phenoxy) is 2. The molecular formula is C13H13NO4S. The van der Waals surface area contributed by atoms with Gasteiger partial charge in [0.05, 0.1) is 19.9 Å². The van der Waals surface area contributed by atoms with E-state index in [2.05, 4.69) is 0 Å². The van der Waals surface area contributed by atoms with Crippen LogP contribution in [-0.2, 0) is 0 Å². The monoisotopic (exact) mass is 279 g/mol. The van der Waals surface area contributed by atoms with Gasteiger partial charge in [0.1, 0.15) is 16.4 Å². The van der Waals surface area contributed by atoms with Crippen LogP contribution >= 0.6 is 11.3 Å². The number of carbonyl (C=O) groups is 1. The molecule has 0 aliphatic rings. The third-order valence-electron chi connectivity index (χ3n) is 2.63. The van der Waals surface area contributed by atoms with Gasteiger partial charge in [0, 0.05) is 16.5 Å². The number of methoxy groups -OCH3 is 2. The van der Waals surface area contributed by atoms with Gasteiger partial charge in [-0.25, -0.2) is 4.79 Å². The van der Waals surface area contributed by atoms with E-state index in [0.29, 0.717) is 11.5 Å². The van der Waals surface area contributed by atoms with Crippen molar-refractivity contribution in [1.82, 2.24) is 0 Å². The van der Waals surface area contributed by atoms with Crippen LogP contribution < -0.4 is 15.2 Å². The van der Waals surface area contributed by atoms with E-state index in [4.69, 9.17) is 20.3 Å². The molecule has 1 aromatic heterocycles. The number of thiophene rings is 1. The number of anilines is 1. The van der Waals surface area contributed by atoms with Crippen LogP contribution in [0.4, 0.5) is 5.69 Å². The average molecular weight is 279 g/mol. The second-order valence-electron chi connectivity index (χ2n) is 3.77. The van der Waals surface area contributed by atoms with Crippen LogP contribution in [0, 0.1) is 0 Å². The van der Waals surface area contributed by atoms with Crippen molar-refractivity contribution < 1.29 is 19.4 Å². The molecule has 19 heavy (non-hydrogen) atoms. The lowest BCUT2D eigenvalue weighted by atomic mass is 10.1. The van der Waals surface area contributed by atoms with E-state index in [1.807, 2.05) is 6.07 Å². The Bertz CT molecular complexity index is 621. The molecule has 1 aromatic carbocycles. The molecule has 0 bridgehead atoms. The van der Waals surface area contributed by atoms with Crippen LogP contribution in [0.2, 0.25) is 0 Å². The second kappa shape index (κ2) is 5.19. The summed E-state index contributed by atoms with van der Waals surface area (Å²) >= 11 is 1.12. The summed E-state index contributed by atoms with van der Waals surface area (Å²) in [6, 6.07) is 6.98. The fourth-order valence-electron chi connectivity index (χ4n) is 1.71. The van der Waals surface area contributed by atoms with Crippen molar-refractivity contribution in [1.29, 1.82) is 0 Å². The fourth-order valence-corrected chi connectivity index (χ4v) is 2.66. The highest BCUT2D eigenvalue weighted by Crippen LogP contribution is 2.39. The topological polar surface area (TPSA) is 81.8 Å². The maximum absolute atomic E-state index is 11.0. The van der Waals surface area contributed by atoms with Crippen molar-refractivity contribution >= 4 is 23.0 Å². The first-order chi connectivity index (χ1) is 9.06. The van der Waals surface area contributed by atoms with Gasteiger partial charge in [-0.05, 0) is 18.2 Å². The molecule has 0 saturated heterocycles. The van der Waals surface area contributed by atoms with Gasteiger partial charge in [-0.3, -0.25) is 0 Å². The van der Waals surface area contributed by atoms with E-state index < -0.39 is 5.97 Å². The standard InChI is InChI=1S/C13H13NO4S/c1-17-7-3-4-8(10(5-7)18-2)11-6-9(14)12(19-11)13(15)16/h3-6H,14H2,1-2H3,(H,15,16). The van der Waals surface area contributed by atoms with Crippen LogP contribution in [0.1, 0.15) is 9.67 Å². The SMILES string of the molecule is COc1ccc(-c2cc(N)c(C(=O)O)s2)c(OC)c1. The van der Waals surface area contributed by atoms with E-state index >= 15 is 0 Å². The molecule has 0 aliphatic heterocycles. The zero-order valence-electron chi connectivity index (χ0n) is 10.5. The Morgan fingerprint density at radius 2 is 2.00 bits per heavy atom. The normalized spacial score (nSPS) is 10.2. The Hall–Kier alpha value is -2.21. The first-order valence-corrected chi connectivity index (χ1v) is 6.23. The minimum absolute atomic E-state index is 0.132. The predicted octanol–water partition coefficient (Wildman–Crippen LogP) is 2.71. The van der Waals surface area contributed by atoms with Crippen molar-refractivity contribution in [2.45, 2.75) is 0 Å². The molecule has 6 heteroatoms. The van der Waals surface area contributed by atoms with Crippen LogP contribution in [0.3, 0.4) is 0 Å². The van der Waals surface area contributed by atoms with Gasteiger partial charge in [0.15, 0.2) is 0 Å². The first-order valence-electron chi connectivity index (χ1n) is 5.41. The lowest BCUT2D eigenvalue weighted by Gasteiger charge is -2.08. The number of hydrogen-bond donors (Lipinski definition) is 2. The number of hydrogen-bond acceptors (Lipinski definition) is 5. The molecule has 3 N–H and O–H groups in total. The van der Waals surface area contributed by atoms with Crippen LogP contribution in [0.25, 0.3) is 10.4 Å². The van der Waals surface area contributed by atoms with Gasteiger partial charge in [-0.15, -0.1) is 11.3 Å². The van der Waals surface area contributed by atoms with Gasteiger partial charge < -0.3 is 20.3 Å². The number of carboxylic acids is 1. The van der Waals surface area contributed by atoms with Crippen LogP contribution in [-0.4, -0.2) is 25.3 Å². The van der Waals surface area contributed by atoms with Crippen molar-refractivity contribution in [3.8, 4) is 21.9 Å². The summed E-state index contributed by atoms with van der Waals surface area (Å²) in [6.07, 6.45) is 0. The third-order valence-corrected chi connectivity index (χ3v) is 3.80. The molecule has 0 aliphatic carbocycles. The predicted molar refractivity (Wildman–Crippen MR) is 74.2 cm³/mol. The molecule has 0 radical (unpaired) electrons. The molecule has 100 valence electrons. The Morgan fingerprint density at radius 3 is 2.53 bits per heavy atom. The molecule has 0 fully saturated rings. The van der Waals surface area contributed by atoms with Crippen molar-refractivity contribution in [2.24, 2.45) is 0 Å². The number of rotatable bonds is 4. The second-order valence-corrected chi connectivity index (χ2v) is 4.82. The quantitative estimate of drug-likeness (QED) is 0.899. The zero-order chi connectivity index (χ0) is 14.0. The third kappa shape index (κ3) is 2.48. The van der Waals surface area contributed by atoms with Crippen LogP contribution in [0.5, 0.6) is 11.5 Å². The molecule has 0 atom stereocenters. The highest BCUT2D eigenvalue weighted by atomic mass is 32.1. The molecular weight excluding hydrogens is 266 g/mol. The number of nitrogens with two attached hydrogens (primary N) is 1. The van der Waals surface area contributed by atoms with Crippen molar-refractivity contribution in [3.05, 3.63) is 29.1 Å². The van der Waals surface area contributed by atoms with Crippen molar-refractivity contribution in [2.75, 3.05) is 20.0 Å². The highest BCUT2D eigenvalue weighted by Gasteiger charge is 2.16. The maximum atomic E-state index is 11.0. The lowest BCUT2D eigenvalue weighted by molar-refractivity contribution is 0.0703. The molecule has 0 unspecified atom stereocenters. The Balaban J connectivity index is 2.52. The zero-order valence-corrected chi connectivity index (χ0v) is 11.3. The van der Waals surface area contributed by atoms with E-state index in [9.17, 15) is 4.79 Å². The smallest absolute Gasteiger partial charge is 0.348 e. The summed E-state index contributed by atoms with van der Waals surface area (Å²) in [4.78, 5) is 11.9. The first kappa shape index (κ1) is 13.2. The summed E-state index contributed by atoms with van der Waals surface area (Å²) in [6.45, 7) is 0. The average Bonchev–Trinajstić information content (AvgIpc) is 2.80. The Kier molecular flexibility index (Phi) is 3.62. The lowest BCUT2D eigenvalue weighted by Crippen LogP contribution is -1.96. The van der Waals surface area contributed by atoms with E-state index in [1.54, 1.807) is 32.4 Å². The molecule has 5 nitrogen and oxygen atoms in total.